The zero-order valence-corrected chi connectivity index (χ0v) is 10.0. The highest BCUT2D eigenvalue weighted by Gasteiger charge is 2.17. The minimum absolute atomic E-state index is 0.358. The van der Waals surface area contributed by atoms with E-state index in [9.17, 15) is 5.11 Å². The van der Waals surface area contributed by atoms with Crippen molar-refractivity contribution in [1.82, 2.24) is 9.55 Å². The van der Waals surface area contributed by atoms with Gasteiger partial charge < -0.3 is 9.67 Å². The fourth-order valence-electron chi connectivity index (χ4n) is 2.00. The molecule has 16 heavy (non-hydrogen) atoms. The number of aliphatic hydroxyl groups is 1. The smallest absolute Gasteiger partial charge is 0.138 e. The molecule has 2 rings (SSSR count). The molecule has 1 heterocycles. The van der Waals surface area contributed by atoms with Crippen molar-refractivity contribution in [1.29, 1.82) is 0 Å². The van der Waals surface area contributed by atoms with Crippen LogP contribution in [0.4, 0.5) is 0 Å². The van der Waals surface area contributed by atoms with Crippen molar-refractivity contribution in [2.75, 3.05) is 0 Å². The lowest BCUT2D eigenvalue weighted by atomic mass is 10.2. The van der Waals surface area contributed by atoms with E-state index in [0.29, 0.717) is 6.04 Å². The number of nitrogens with zero attached hydrogens (tertiary/aromatic N) is 2. The topological polar surface area (TPSA) is 38.0 Å². The molecule has 0 aliphatic carbocycles. The van der Waals surface area contributed by atoms with Gasteiger partial charge >= 0.3 is 0 Å². The van der Waals surface area contributed by atoms with Crippen LogP contribution in [0.3, 0.4) is 0 Å². The van der Waals surface area contributed by atoms with Gasteiger partial charge in [0.05, 0.1) is 11.0 Å². The predicted octanol–water partition coefficient (Wildman–Crippen LogP) is 3.06. The number of aliphatic hydroxyl groups excluding tert-OH is 1. The van der Waals surface area contributed by atoms with Crippen molar-refractivity contribution < 1.29 is 5.11 Å². The van der Waals surface area contributed by atoms with Crippen molar-refractivity contribution in [3.63, 3.8) is 0 Å². The third-order valence-corrected chi connectivity index (χ3v) is 3.03. The summed E-state index contributed by atoms with van der Waals surface area (Å²) in [6.45, 7) is 6.06. The number of aromatic nitrogens is 2. The number of imidazole rings is 1. The number of rotatable bonds is 3. The average Bonchev–Trinajstić information content (AvgIpc) is 2.67. The van der Waals surface area contributed by atoms with Crippen molar-refractivity contribution in [3.05, 3.63) is 30.1 Å². The lowest BCUT2D eigenvalue weighted by Gasteiger charge is -2.16. The van der Waals surface area contributed by atoms with Crippen LogP contribution in [0, 0.1) is 0 Å². The van der Waals surface area contributed by atoms with Crippen LogP contribution in [0.1, 0.15) is 45.2 Å². The molecule has 3 nitrogen and oxygen atoms in total. The van der Waals surface area contributed by atoms with Gasteiger partial charge in [-0.2, -0.15) is 0 Å². The van der Waals surface area contributed by atoms with Crippen molar-refractivity contribution in [2.45, 2.75) is 39.3 Å². The molecule has 0 aliphatic heterocycles. The van der Waals surface area contributed by atoms with Crippen LogP contribution in [0.15, 0.2) is 24.3 Å². The highest BCUT2D eigenvalue weighted by molar-refractivity contribution is 5.76. The van der Waals surface area contributed by atoms with E-state index in [1.165, 1.54) is 0 Å². The Bertz CT molecular complexity index is 488. The fourth-order valence-corrected chi connectivity index (χ4v) is 2.00. The zero-order chi connectivity index (χ0) is 11.7. The monoisotopic (exact) mass is 218 g/mol. The third kappa shape index (κ3) is 1.71. The van der Waals surface area contributed by atoms with Gasteiger partial charge in [-0.1, -0.05) is 19.1 Å². The minimum Gasteiger partial charge on any atom is -0.385 e. The van der Waals surface area contributed by atoms with Gasteiger partial charge in [-0.15, -0.1) is 0 Å². The van der Waals surface area contributed by atoms with E-state index in [1.54, 1.807) is 6.92 Å². The summed E-state index contributed by atoms with van der Waals surface area (Å²) in [6.07, 6.45) is 0.501. The van der Waals surface area contributed by atoms with Crippen molar-refractivity contribution in [2.24, 2.45) is 0 Å². The van der Waals surface area contributed by atoms with Gasteiger partial charge in [0, 0.05) is 6.04 Å². The van der Waals surface area contributed by atoms with E-state index in [1.807, 2.05) is 18.2 Å². The molecule has 0 aliphatic rings. The largest absolute Gasteiger partial charge is 0.385 e. The van der Waals surface area contributed by atoms with Crippen LogP contribution in [-0.2, 0) is 0 Å². The highest BCUT2D eigenvalue weighted by Crippen LogP contribution is 2.26. The van der Waals surface area contributed by atoms with Crippen LogP contribution in [0.2, 0.25) is 0 Å². The molecule has 0 saturated carbocycles. The van der Waals surface area contributed by atoms with Crippen LogP contribution >= 0.6 is 0 Å². The Hall–Kier alpha value is -1.35. The van der Waals surface area contributed by atoms with Gasteiger partial charge in [-0.25, -0.2) is 4.98 Å². The molecule has 0 radical (unpaired) electrons. The van der Waals surface area contributed by atoms with E-state index in [0.717, 1.165) is 23.3 Å². The number of hydrogen-bond acceptors (Lipinski definition) is 2. The lowest BCUT2D eigenvalue weighted by Crippen LogP contribution is -2.10. The molecule has 2 atom stereocenters. The van der Waals surface area contributed by atoms with E-state index in [2.05, 4.69) is 29.5 Å². The van der Waals surface area contributed by atoms with Crippen LogP contribution in [0.25, 0.3) is 11.0 Å². The SMILES string of the molecule is CC[C@@H](C)n1c([C@@H](C)O)nc2ccccc21. The molecule has 0 unspecified atom stereocenters. The molecule has 0 fully saturated rings. The maximum absolute atomic E-state index is 9.77. The van der Waals surface area contributed by atoms with E-state index in [-0.39, 0.29) is 0 Å². The highest BCUT2D eigenvalue weighted by atomic mass is 16.3. The number of para-hydroxylation sites is 2. The Morgan fingerprint density at radius 1 is 1.31 bits per heavy atom. The summed E-state index contributed by atoms with van der Waals surface area (Å²) in [4.78, 5) is 4.49. The summed E-state index contributed by atoms with van der Waals surface area (Å²) < 4.78 is 2.14. The maximum atomic E-state index is 9.77. The van der Waals surface area contributed by atoms with Crippen LogP contribution < -0.4 is 0 Å². The molecule has 0 bridgehead atoms. The Morgan fingerprint density at radius 2 is 2.00 bits per heavy atom. The molecule has 1 aromatic carbocycles. The number of fused-ring (bicyclic) bond motifs is 1. The summed E-state index contributed by atoms with van der Waals surface area (Å²) in [7, 11) is 0. The second kappa shape index (κ2) is 4.26. The summed E-state index contributed by atoms with van der Waals surface area (Å²) in [5, 5.41) is 9.77. The third-order valence-electron chi connectivity index (χ3n) is 3.03. The molecule has 2 aromatic rings. The predicted molar refractivity (Wildman–Crippen MR) is 65.4 cm³/mol. The molecule has 86 valence electrons. The fraction of sp³-hybridized carbons (Fsp3) is 0.462. The first-order valence-corrected chi connectivity index (χ1v) is 5.80. The first-order chi connectivity index (χ1) is 7.65. The molecular formula is C13H18N2O. The molecule has 0 saturated heterocycles. The molecule has 1 aromatic heterocycles. The minimum atomic E-state index is -0.526. The molecular weight excluding hydrogens is 200 g/mol. The van der Waals surface area contributed by atoms with Gasteiger partial charge in [0.25, 0.3) is 0 Å². The molecule has 1 N–H and O–H groups in total. The number of hydrogen-bond donors (Lipinski definition) is 1. The van der Waals surface area contributed by atoms with Crippen molar-refractivity contribution in [3.8, 4) is 0 Å². The van der Waals surface area contributed by atoms with Crippen LogP contribution in [0.5, 0.6) is 0 Å². The Balaban J connectivity index is 2.69. The van der Waals surface area contributed by atoms with E-state index >= 15 is 0 Å². The second-order valence-electron chi connectivity index (χ2n) is 4.26. The molecule has 0 amide bonds. The van der Waals surface area contributed by atoms with Gasteiger partial charge in [0.1, 0.15) is 11.9 Å². The quantitative estimate of drug-likeness (QED) is 0.859. The maximum Gasteiger partial charge on any atom is 0.138 e. The standard InChI is InChI=1S/C13H18N2O/c1-4-9(2)15-12-8-6-5-7-11(12)14-13(15)10(3)16/h5-10,16H,4H2,1-3H3/t9-,10-/m1/s1. The Kier molecular flexibility index (Phi) is 2.97. The zero-order valence-electron chi connectivity index (χ0n) is 10.0. The van der Waals surface area contributed by atoms with E-state index in [4.69, 9.17) is 0 Å². The number of benzene rings is 1. The van der Waals surface area contributed by atoms with Gasteiger partial charge in [-0.05, 0) is 32.4 Å². The lowest BCUT2D eigenvalue weighted by molar-refractivity contribution is 0.182. The Morgan fingerprint density at radius 3 is 2.62 bits per heavy atom. The first kappa shape index (κ1) is 11.1. The molecule has 0 spiro atoms. The summed E-state index contributed by atoms with van der Waals surface area (Å²) in [5.74, 6) is 0.760. The average molecular weight is 218 g/mol. The molecule has 3 heteroatoms. The second-order valence-corrected chi connectivity index (χ2v) is 4.26. The van der Waals surface area contributed by atoms with Gasteiger partial charge in [0.2, 0.25) is 0 Å². The van der Waals surface area contributed by atoms with Crippen molar-refractivity contribution >= 4 is 11.0 Å². The van der Waals surface area contributed by atoms with Gasteiger partial charge in [0.15, 0.2) is 0 Å². The summed E-state index contributed by atoms with van der Waals surface area (Å²) in [6, 6.07) is 8.38. The Labute approximate surface area is 95.7 Å². The normalized spacial score (nSPS) is 15.2. The first-order valence-electron chi connectivity index (χ1n) is 5.80. The van der Waals surface area contributed by atoms with E-state index < -0.39 is 6.10 Å². The summed E-state index contributed by atoms with van der Waals surface area (Å²) >= 11 is 0. The van der Waals surface area contributed by atoms with Crippen LogP contribution in [-0.4, -0.2) is 14.7 Å². The van der Waals surface area contributed by atoms with Gasteiger partial charge in [-0.3, -0.25) is 0 Å². The summed E-state index contributed by atoms with van der Waals surface area (Å²) in [5.41, 5.74) is 2.06.